The molecule has 0 unspecified atom stereocenters. The predicted octanol–water partition coefficient (Wildman–Crippen LogP) is 4.16. The smallest absolute Gasteiger partial charge is 0.0641 e. The van der Waals surface area contributed by atoms with Crippen LogP contribution in [0.15, 0.2) is 39.8 Å². The zero-order valence-electron chi connectivity index (χ0n) is 10.2. The van der Waals surface area contributed by atoms with Crippen molar-refractivity contribution >= 4 is 27.8 Å². The molecule has 88 valence electrons. The number of aromatic nitrogens is 1. The van der Waals surface area contributed by atoms with E-state index in [2.05, 4.69) is 52.5 Å². The van der Waals surface area contributed by atoms with Crippen LogP contribution >= 0.6 is 15.9 Å². The fraction of sp³-hybridized carbons (Fsp3) is 0.214. The molecule has 0 aliphatic rings. The fourth-order valence-corrected chi connectivity index (χ4v) is 2.10. The first-order valence-electron chi connectivity index (χ1n) is 5.50. The number of benzene rings is 1. The standard InChI is InChI=1S/C14H15BrN2/c1-10-7-12(11(2)17(10)3)9-16-14-6-4-5-13(15)8-14/h4-9H,1-3H3. The maximum atomic E-state index is 4.48. The molecule has 0 saturated heterocycles. The van der Waals surface area contributed by atoms with Gasteiger partial charge in [-0.1, -0.05) is 22.0 Å². The first-order chi connectivity index (χ1) is 8.08. The average Bonchev–Trinajstić information content (AvgIpc) is 2.54. The summed E-state index contributed by atoms with van der Waals surface area (Å²) in [5.41, 5.74) is 4.62. The van der Waals surface area contributed by atoms with Gasteiger partial charge in [-0.2, -0.15) is 0 Å². The first kappa shape index (κ1) is 12.1. The van der Waals surface area contributed by atoms with E-state index in [4.69, 9.17) is 0 Å². The molecule has 0 fully saturated rings. The SMILES string of the molecule is Cc1cc(C=Nc2cccc(Br)c2)c(C)n1C. The molecule has 2 rings (SSSR count). The lowest BCUT2D eigenvalue weighted by Gasteiger charge is -1.99. The molecule has 0 amide bonds. The van der Waals surface area contributed by atoms with Gasteiger partial charge >= 0.3 is 0 Å². The van der Waals surface area contributed by atoms with Crippen molar-refractivity contribution in [1.29, 1.82) is 0 Å². The monoisotopic (exact) mass is 290 g/mol. The highest BCUT2D eigenvalue weighted by Gasteiger charge is 2.02. The summed E-state index contributed by atoms with van der Waals surface area (Å²) in [5.74, 6) is 0. The second kappa shape index (κ2) is 4.88. The van der Waals surface area contributed by atoms with Crippen LogP contribution in [0.25, 0.3) is 0 Å². The molecule has 0 spiro atoms. The molecule has 0 atom stereocenters. The molecule has 17 heavy (non-hydrogen) atoms. The molecule has 1 heterocycles. The molecule has 0 saturated carbocycles. The van der Waals surface area contributed by atoms with Crippen LogP contribution in [-0.2, 0) is 7.05 Å². The van der Waals surface area contributed by atoms with Gasteiger partial charge in [-0.3, -0.25) is 4.99 Å². The Hall–Kier alpha value is -1.35. The highest BCUT2D eigenvalue weighted by Crippen LogP contribution is 2.19. The maximum absolute atomic E-state index is 4.48. The quantitative estimate of drug-likeness (QED) is 0.739. The van der Waals surface area contributed by atoms with Crippen LogP contribution in [0.4, 0.5) is 5.69 Å². The Kier molecular flexibility index (Phi) is 3.48. The number of hydrogen-bond donors (Lipinski definition) is 0. The number of hydrogen-bond acceptors (Lipinski definition) is 1. The molecular formula is C14H15BrN2. The molecule has 0 radical (unpaired) electrons. The van der Waals surface area contributed by atoms with E-state index in [0.29, 0.717) is 0 Å². The second-order valence-corrected chi connectivity index (χ2v) is 5.04. The number of aryl methyl sites for hydroxylation is 1. The van der Waals surface area contributed by atoms with Crippen LogP contribution in [0.2, 0.25) is 0 Å². The minimum absolute atomic E-state index is 0.959. The van der Waals surface area contributed by atoms with Gasteiger partial charge in [0.15, 0.2) is 0 Å². The highest BCUT2D eigenvalue weighted by atomic mass is 79.9. The van der Waals surface area contributed by atoms with Crippen molar-refractivity contribution in [1.82, 2.24) is 4.57 Å². The van der Waals surface area contributed by atoms with E-state index in [0.717, 1.165) is 10.2 Å². The molecule has 0 aliphatic heterocycles. The van der Waals surface area contributed by atoms with Crippen molar-refractivity contribution in [3.8, 4) is 0 Å². The van der Waals surface area contributed by atoms with Gasteiger partial charge in [0.1, 0.15) is 0 Å². The molecule has 3 heteroatoms. The summed E-state index contributed by atoms with van der Waals surface area (Å²) in [7, 11) is 2.07. The van der Waals surface area contributed by atoms with Crippen molar-refractivity contribution in [2.75, 3.05) is 0 Å². The lowest BCUT2D eigenvalue weighted by atomic mass is 10.2. The van der Waals surface area contributed by atoms with E-state index in [9.17, 15) is 0 Å². The first-order valence-corrected chi connectivity index (χ1v) is 6.30. The zero-order valence-corrected chi connectivity index (χ0v) is 11.8. The molecule has 0 N–H and O–H groups in total. The van der Waals surface area contributed by atoms with Crippen LogP contribution in [-0.4, -0.2) is 10.8 Å². The summed E-state index contributed by atoms with van der Waals surface area (Å²) in [6.45, 7) is 4.21. The fourth-order valence-electron chi connectivity index (χ4n) is 1.72. The van der Waals surface area contributed by atoms with Crippen molar-refractivity contribution in [3.05, 3.63) is 51.8 Å². The third kappa shape index (κ3) is 2.67. The summed E-state index contributed by atoms with van der Waals surface area (Å²) in [6.07, 6.45) is 1.92. The van der Waals surface area contributed by atoms with Gasteiger partial charge in [-0.15, -0.1) is 0 Å². The van der Waals surface area contributed by atoms with E-state index in [-0.39, 0.29) is 0 Å². The highest BCUT2D eigenvalue weighted by molar-refractivity contribution is 9.10. The van der Waals surface area contributed by atoms with Crippen molar-refractivity contribution in [2.24, 2.45) is 12.0 Å². The van der Waals surface area contributed by atoms with Gasteiger partial charge in [0.2, 0.25) is 0 Å². The van der Waals surface area contributed by atoms with Gasteiger partial charge in [0.05, 0.1) is 5.69 Å². The zero-order chi connectivity index (χ0) is 12.4. The van der Waals surface area contributed by atoms with Crippen LogP contribution in [0.3, 0.4) is 0 Å². The van der Waals surface area contributed by atoms with Crippen LogP contribution in [0.1, 0.15) is 17.0 Å². The van der Waals surface area contributed by atoms with E-state index >= 15 is 0 Å². The molecule has 2 aromatic rings. The largest absolute Gasteiger partial charge is 0.352 e. The predicted molar refractivity (Wildman–Crippen MR) is 76.3 cm³/mol. The van der Waals surface area contributed by atoms with E-state index in [1.54, 1.807) is 0 Å². The minimum Gasteiger partial charge on any atom is -0.352 e. The Morgan fingerprint density at radius 3 is 2.59 bits per heavy atom. The lowest BCUT2D eigenvalue weighted by Crippen LogP contribution is -1.93. The van der Waals surface area contributed by atoms with Crippen molar-refractivity contribution in [2.45, 2.75) is 13.8 Å². The summed E-state index contributed by atoms with van der Waals surface area (Å²) >= 11 is 3.44. The summed E-state index contributed by atoms with van der Waals surface area (Å²) < 4.78 is 3.22. The Bertz CT molecular complexity index is 568. The number of rotatable bonds is 2. The summed E-state index contributed by atoms with van der Waals surface area (Å²) in [5, 5.41) is 0. The average molecular weight is 291 g/mol. The van der Waals surface area contributed by atoms with Gasteiger partial charge in [-0.05, 0) is 38.1 Å². The minimum atomic E-state index is 0.959. The topological polar surface area (TPSA) is 17.3 Å². The maximum Gasteiger partial charge on any atom is 0.0641 e. The molecular weight excluding hydrogens is 276 g/mol. The van der Waals surface area contributed by atoms with Crippen molar-refractivity contribution in [3.63, 3.8) is 0 Å². The normalized spacial score (nSPS) is 11.3. The van der Waals surface area contributed by atoms with Gasteiger partial charge in [0, 0.05) is 34.7 Å². The molecule has 1 aromatic heterocycles. The lowest BCUT2D eigenvalue weighted by molar-refractivity contribution is 0.843. The molecule has 1 aromatic carbocycles. The van der Waals surface area contributed by atoms with Crippen molar-refractivity contribution < 1.29 is 0 Å². The van der Waals surface area contributed by atoms with Crippen LogP contribution in [0, 0.1) is 13.8 Å². The second-order valence-electron chi connectivity index (χ2n) is 4.12. The Labute approximate surface area is 110 Å². The third-order valence-electron chi connectivity index (χ3n) is 2.98. The molecule has 2 nitrogen and oxygen atoms in total. The number of halogens is 1. The van der Waals surface area contributed by atoms with E-state index in [1.807, 2.05) is 30.5 Å². The van der Waals surface area contributed by atoms with Gasteiger partial charge in [-0.25, -0.2) is 0 Å². The number of nitrogens with zero attached hydrogens (tertiary/aromatic N) is 2. The van der Waals surface area contributed by atoms with Crippen LogP contribution in [0.5, 0.6) is 0 Å². The number of aliphatic imine (C=N–C) groups is 1. The van der Waals surface area contributed by atoms with E-state index in [1.165, 1.54) is 17.0 Å². The third-order valence-corrected chi connectivity index (χ3v) is 3.47. The van der Waals surface area contributed by atoms with Crippen LogP contribution < -0.4 is 0 Å². The summed E-state index contributed by atoms with van der Waals surface area (Å²) in [4.78, 5) is 4.48. The Morgan fingerprint density at radius 2 is 2.00 bits per heavy atom. The molecule has 0 aliphatic carbocycles. The molecule has 0 bridgehead atoms. The summed E-state index contributed by atoms with van der Waals surface area (Å²) in [6, 6.07) is 10.1. The Balaban J connectivity index is 2.29. The van der Waals surface area contributed by atoms with Gasteiger partial charge < -0.3 is 4.57 Å². The Morgan fingerprint density at radius 1 is 1.24 bits per heavy atom. The van der Waals surface area contributed by atoms with Gasteiger partial charge in [0.25, 0.3) is 0 Å². The van der Waals surface area contributed by atoms with E-state index < -0.39 is 0 Å².